The van der Waals surface area contributed by atoms with E-state index in [9.17, 15) is 14.7 Å². The third-order valence-electron chi connectivity index (χ3n) is 1.99. The maximum Gasteiger partial charge on any atom is 0.290 e. The van der Waals surface area contributed by atoms with E-state index >= 15 is 0 Å². The van der Waals surface area contributed by atoms with Gasteiger partial charge in [0.2, 0.25) is 0 Å². The highest BCUT2D eigenvalue weighted by Crippen LogP contribution is 2.27. The first kappa shape index (κ1) is 10.6. The quantitative estimate of drug-likeness (QED) is 0.388. The number of amides is 2. The predicted octanol–water partition coefficient (Wildman–Crippen LogP) is 1.30. The van der Waals surface area contributed by atoms with E-state index in [0.29, 0.717) is 10.5 Å². The van der Waals surface area contributed by atoms with E-state index in [1.54, 1.807) is 12.1 Å². The van der Waals surface area contributed by atoms with Gasteiger partial charge in [-0.05, 0) is 35.5 Å². The van der Waals surface area contributed by atoms with Gasteiger partial charge in [0.1, 0.15) is 5.75 Å². The van der Waals surface area contributed by atoms with Crippen molar-refractivity contribution in [3.05, 3.63) is 28.7 Å². The van der Waals surface area contributed by atoms with Crippen LogP contribution in [0.2, 0.25) is 0 Å². The highest BCUT2D eigenvalue weighted by atomic mass is 32.2. The highest BCUT2D eigenvalue weighted by molar-refractivity contribution is 8.18. The Balaban J connectivity index is 2.32. The summed E-state index contributed by atoms with van der Waals surface area (Å²) in [5, 5.41) is 11.0. The summed E-state index contributed by atoms with van der Waals surface area (Å²) < 4.78 is 0. The summed E-state index contributed by atoms with van der Waals surface area (Å²) in [6.45, 7) is 0. The summed E-state index contributed by atoms with van der Waals surface area (Å²) in [7, 11) is 0. The van der Waals surface area contributed by atoms with Crippen LogP contribution in [-0.2, 0) is 4.79 Å². The normalized spacial score (nSPS) is 17.9. The molecule has 0 bridgehead atoms. The Morgan fingerprint density at radius 3 is 2.69 bits per heavy atom. The van der Waals surface area contributed by atoms with Crippen LogP contribution in [-0.4, -0.2) is 16.3 Å². The van der Waals surface area contributed by atoms with Crippen LogP contribution in [0.4, 0.5) is 10.5 Å². The van der Waals surface area contributed by atoms with Crippen molar-refractivity contribution >= 4 is 34.7 Å². The lowest BCUT2D eigenvalue weighted by atomic mass is 10.1. The van der Waals surface area contributed by atoms with Crippen molar-refractivity contribution in [1.29, 1.82) is 0 Å². The van der Waals surface area contributed by atoms with Crippen molar-refractivity contribution in [1.82, 2.24) is 5.32 Å². The summed E-state index contributed by atoms with van der Waals surface area (Å²) in [6, 6.07) is 4.56. The molecule has 1 aliphatic rings. The van der Waals surface area contributed by atoms with Gasteiger partial charge in [0.15, 0.2) is 0 Å². The lowest BCUT2D eigenvalue weighted by molar-refractivity contribution is -0.115. The van der Waals surface area contributed by atoms with Gasteiger partial charge in [-0.15, -0.1) is 0 Å². The van der Waals surface area contributed by atoms with E-state index < -0.39 is 5.91 Å². The third kappa shape index (κ3) is 2.01. The molecule has 6 heteroatoms. The fraction of sp³-hybridized carbons (Fsp3) is 0. The number of phenols is 1. The maximum absolute atomic E-state index is 11.2. The Morgan fingerprint density at radius 1 is 1.38 bits per heavy atom. The fourth-order valence-corrected chi connectivity index (χ4v) is 1.92. The lowest BCUT2D eigenvalue weighted by Gasteiger charge is -2.00. The zero-order valence-electron chi connectivity index (χ0n) is 8.06. The van der Waals surface area contributed by atoms with Gasteiger partial charge >= 0.3 is 0 Å². The number of aromatic hydroxyl groups is 1. The molecule has 2 amide bonds. The van der Waals surface area contributed by atoms with E-state index in [4.69, 9.17) is 5.73 Å². The second-order valence-electron chi connectivity index (χ2n) is 3.17. The standard InChI is InChI=1S/C10H8N2O3S/c11-6-3-5(1-2-7(6)13)4-8-9(14)12-10(15)16-8/h1-4,13H,11H2,(H,12,14,15). The van der Waals surface area contributed by atoms with Crippen molar-refractivity contribution in [2.24, 2.45) is 0 Å². The molecular formula is C10H8N2O3S. The molecule has 1 saturated heterocycles. The Kier molecular flexibility index (Phi) is 2.57. The number of anilines is 1. The molecule has 0 atom stereocenters. The second-order valence-corrected chi connectivity index (χ2v) is 4.19. The van der Waals surface area contributed by atoms with E-state index in [-0.39, 0.29) is 16.7 Å². The van der Waals surface area contributed by atoms with Gasteiger partial charge in [-0.1, -0.05) is 6.07 Å². The molecule has 4 N–H and O–H groups in total. The molecule has 16 heavy (non-hydrogen) atoms. The smallest absolute Gasteiger partial charge is 0.290 e. The first-order valence-electron chi connectivity index (χ1n) is 4.39. The fourth-order valence-electron chi connectivity index (χ4n) is 1.24. The molecule has 1 heterocycles. The summed E-state index contributed by atoms with van der Waals surface area (Å²) in [6.07, 6.45) is 1.54. The number of hydrogen-bond donors (Lipinski definition) is 3. The first-order chi connectivity index (χ1) is 7.56. The molecule has 0 spiro atoms. The van der Waals surface area contributed by atoms with Crippen molar-refractivity contribution < 1.29 is 14.7 Å². The molecule has 0 radical (unpaired) electrons. The number of hydrogen-bond acceptors (Lipinski definition) is 5. The Labute approximate surface area is 95.3 Å². The largest absolute Gasteiger partial charge is 0.506 e. The third-order valence-corrected chi connectivity index (χ3v) is 2.80. The monoisotopic (exact) mass is 236 g/mol. The van der Waals surface area contributed by atoms with Gasteiger partial charge < -0.3 is 10.8 Å². The molecule has 0 aliphatic carbocycles. The summed E-state index contributed by atoms with van der Waals surface area (Å²) in [4.78, 5) is 22.5. The summed E-state index contributed by atoms with van der Waals surface area (Å²) in [5.41, 5.74) is 6.38. The second kappa shape index (κ2) is 3.90. The van der Waals surface area contributed by atoms with Crippen LogP contribution < -0.4 is 11.1 Å². The van der Waals surface area contributed by atoms with Crippen molar-refractivity contribution in [3.8, 4) is 5.75 Å². The van der Waals surface area contributed by atoms with Gasteiger partial charge in [0.25, 0.3) is 11.1 Å². The SMILES string of the molecule is Nc1cc(C=C2SC(=O)NC2=O)ccc1O. The van der Waals surface area contributed by atoms with Gasteiger partial charge in [-0.2, -0.15) is 0 Å². The summed E-state index contributed by atoms with van der Waals surface area (Å²) in [5.74, 6) is -0.427. The average molecular weight is 236 g/mol. The van der Waals surface area contributed by atoms with Gasteiger partial charge in [0, 0.05) is 0 Å². The number of carbonyl (C=O) groups excluding carboxylic acids is 2. The zero-order chi connectivity index (χ0) is 11.7. The lowest BCUT2D eigenvalue weighted by Crippen LogP contribution is -2.17. The molecular weight excluding hydrogens is 228 g/mol. The Hall–Kier alpha value is -1.95. The van der Waals surface area contributed by atoms with Crippen LogP contribution in [0, 0.1) is 0 Å². The summed E-state index contributed by atoms with van der Waals surface area (Å²) >= 11 is 0.837. The van der Waals surface area contributed by atoms with E-state index in [1.165, 1.54) is 12.1 Å². The van der Waals surface area contributed by atoms with Crippen LogP contribution in [0.25, 0.3) is 6.08 Å². The van der Waals surface area contributed by atoms with E-state index in [2.05, 4.69) is 5.32 Å². The maximum atomic E-state index is 11.2. The van der Waals surface area contributed by atoms with Gasteiger partial charge in [-0.25, -0.2) is 0 Å². The van der Waals surface area contributed by atoms with E-state index in [0.717, 1.165) is 11.8 Å². The van der Waals surface area contributed by atoms with Crippen LogP contribution in [0.5, 0.6) is 5.75 Å². The minimum absolute atomic E-state index is 0.0123. The topological polar surface area (TPSA) is 92.4 Å². The molecule has 82 valence electrons. The average Bonchev–Trinajstić information content (AvgIpc) is 2.51. The van der Waals surface area contributed by atoms with Crippen LogP contribution >= 0.6 is 11.8 Å². The van der Waals surface area contributed by atoms with Crippen LogP contribution in [0.15, 0.2) is 23.1 Å². The minimum Gasteiger partial charge on any atom is -0.506 e. The number of nitrogen functional groups attached to an aromatic ring is 1. The molecule has 1 fully saturated rings. The molecule has 5 nitrogen and oxygen atoms in total. The molecule has 1 aromatic carbocycles. The van der Waals surface area contributed by atoms with Gasteiger partial charge in [0.05, 0.1) is 10.6 Å². The number of phenolic OH excluding ortho intramolecular Hbond substituents is 1. The van der Waals surface area contributed by atoms with Crippen LogP contribution in [0.1, 0.15) is 5.56 Å². The number of carbonyl (C=O) groups is 2. The molecule has 0 saturated carbocycles. The molecule has 0 aromatic heterocycles. The number of benzene rings is 1. The minimum atomic E-state index is -0.415. The van der Waals surface area contributed by atoms with Crippen molar-refractivity contribution in [2.45, 2.75) is 0 Å². The van der Waals surface area contributed by atoms with Gasteiger partial charge in [-0.3, -0.25) is 14.9 Å². The Morgan fingerprint density at radius 2 is 2.12 bits per heavy atom. The number of rotatable bonds is 1. The molecule has 2 rings (SSSR count). The molecule has 1 aliphatic heterocycles. The zero-order valence-corrected chi connectivity index (χ0v) is 8.88. The first-order valence-corrected chi connectivity index (χ1v) is 5.21. The van der Waals surface area contributed by atoms with Crippen molar-refractivity contribution in [3.63, 3.8) is 0 Å². The Bertz CT molecular complexity index is 511. The van der Waals surface area contributed by atoms with Crippen LogP contribution in [0.3, 0.4) is 0 Å². The van der Waals surface area contributed by atoms with E-state index in [1.807, 2.05) is 0 Å². The molecule has 0 unspecified atom stereocenters. The molecule has 1 aromatic rings. The predicted molar refractivity (Wildman–Crippen MR) is 61.6 cm³/mol. The number of nitrogens with two attached hydrogens (primary N) is 1. The number of nitrogens with one attached hydrogen (secondary N) is 1. The van der Waals surface area contributed by atoms with Crippen molar-refractivity contribution in [2.75, 3.05) is 5.73 Å². The number of imide groups is 1. The highest BCUT2D eigenvalue weighted by Gasteiger charge is 2.24. The number of thioether (sulfide) groups is 1.